The average molecular weight is 311 g/mol. The minimum absolute atomic E-state index is 0.0202. The fraction of sp³-hybridized carbons (Fsp3) is 0.308. The van der Waals surface area contributed by atoms with E-state index in [9.17, 15) is 13.6 Å². The van der Waals surface area contributed by atoms with Gasteiger partial charge in [-0.15, -0.1) is 0 Å². The molecule has 2 rings (SSSR count). The highest BCUT2D eigenvalue weighted by molar-refractivity contribution is 5.89. The van der Waals surface area contributed by atoms with Crippen LogP contribution in [0.4, 0.5) is 25.1 Å². The van der Waals surface area contributed by atoms with Crippen molar-refractivity contribution in [1.82, 2.24) is 15.5 Å². The number of alkyl halides is 2. The molecule has 0 aliphatic rings. The zero-order valence-electron chi connectivity index (χ0n) is 12.0. The molecule has 0 spiro atoms. The van der Waals surface area contributed by atoms with Gasteiger partial charge in [0, 0.05) is 38.1 Å². The second-order valence-corrected chi connectivity index (χ2v) is 4.63. The summed E-state index contributed by atoms with van der Waals surface area (Å²) < 4.78 is 29.1. The molecule has 7 nitrogen and oxygen atoms in total. The fourth-order valence-corrected chi connectivity index (χ4v) is 1.60. The van der Waals surface area contributed by atoms with Crippen LogP contribution in [0, 0.1) is 0 Å². The lowest BCUT2D eigenvalue weighted by molar-refractivity contribution is 0.112. The third-order valence-corrected chi connectivity index (χ3v) is 2.68. The highest BCUT2D eigenvalue weighted by Gasteiger charge is 2.14. The van der Waals surface area contributed by atoms with Gasteiger partial charge in [-0.25, -0.2) is 18.6 Å². The molecule has 0 bridgehead atoms. The number of hydrogen-bond acceptors (Lipinski definition) is 5. The maximum Gasteiger partial charge on any atom is 0.319 e. The lowest BCUT2D eigenvalue weighted by Gasteiger charge is -2.12. The van der Waals surface area contributed by atoms with Crippen molar-refractivity contribution in [2.75, 3.05) is 24.3 Å². The van der Waals surface area contributed by atoms with E-state index in [2.05, 4.69) is 25.3 Å². The number of urea groups is 1. The van der Waals surface area contributed by atoms with Gasteiger partial charge in [-0.1, -0.05) is 5.16 Å². The van der Waals surface area contributed by atoms with Gasteiger partial charge in [0.15, 0.2) is 0 Å². The zero-order chi connectivity index (χ0) is 16.1. The number of hydrogen-bond donors (Lipinski definition) is 2. The zero-order valence-corrected chi connectivity index (χ0v) is 12.0. The molecule has 0 unspecified atom stereocenters. The maximum atomic E-state index is 12.3. The molecule has 0 atom stereocenters. The lowest BCUT2D eigenvalue weighted by atomic mass is 10.3. The molecule has 9 heteroatoms. The predicted molar refractivity (Wildman–Crippen MR) is 75.9 cm³/mol. The summed E-state index contributed by atoms with van der Waals surface area (Å²) in [5, 5.41) is 8.55. The van der Waals surface area contributed by atoms with Gasteiger partial charge in [0.2, 0.25) is 5.76 Å². The van der Waals surface area contributed by atoms with Crippen LogP contribution in [0.25, 0.3) is 0 Å². The molecule has 0 aliphatic heterocycles. The Hall–Kier alpha value is -2.71. The largest absolute Gasteiger partial charge is 0.363 e. The topological polar surface area (TPSA) is 83.3 Å². The summed E-state index contributed by atoms with van der Waals surface area (Å²) in [4.78, 5) is 17.7. The SMILES string of the molecule is CN(C)c1cc(NC(=O)NCc2cc(C(F)F)on2)ccn1. The van der Waals surface area contributed by atoms with Crippen molar-refractivity contribution in [2.24, 2.45) is 0 Å². The molecule has 0 saturated carbocycles. The summed E-state index contributed by atoms with van der Waals surface area (Å²) in [6.07, 6.45) is -1.16. The summed E-state index contributed by atoms with van der Waals surface area (Å²) >= 11 is 0. The van der Waals surface area contributed by atoms with Gasteiger partial charge in [-0.2, -0.15) is 0 Å². The summed E-state index contributed by atoms with van der Waals surface area (Å²) in [6.45, 7) is -0.0202. The van der Waals surface area contributed by atoms with Crippen LogP contribution >= 0.6 is 0 Å². The Kier molecular flexibility index (Phi) is 4.87. The van der Waals surface area contributed by atoms with Crippen molar-refractivity contribution < 1.29 is 18.1 Å². The van der Waals surface area contributed by atoms with E-state index in [0.29, 0.717) is 11.5 Å². The van der Waals surface area contributed by atoms with Crippen molar-refractivity contribution in [3.05, 3.63) is 35.9 Å². The Morgan fingerprint density at radius 2 is 2.18 bits per heavy atom. The number of nitrogens with one attached hydrogen (secondary N) is 2. The third-order valence-electron chi connectivity index (χ3n) is 2.68. The van der Waals surface area contributed by atoms with Crippen LogP contribution in [0.5, 0.6) is 0 Å². The Bertz CT molecular complexity index is 645. The fourth-order valence-electron chi connectivity index (χ4n) is 1.60. The van der Waals surface area contributed by atoms with E-state index in [1.165, 1.54) is 0 Å². The van der Waals surface area contributed by atoms with E-state index >= 15 is 0 Å². The van der Waals surface area contributed by atoms with Crippen molar-refractivity contribution in [3.63, 3.8) is 0 Å². The summed E-state index contributed by atoms with van der Waals surface area (Å²) in [5.74, 6) is 0.165. The van der Waals surface area contributed by atoms with Gasteiger partial charge < -0.3 is 20.1 Å². The number of carbonyl (C=O) groups is 1. The van der Waals surface area contributed by atoms with E-state index in [-0.39, 0.29) is 12.2 Å². The second-order valence-electron chi connectivity index (χ2n) is 4.63. The molecule has 0 aromatic carbocycles. The molecule has 2 aromatic rings. The van der Waals surface area contributed by atoms with Crippen LogP contribution < -0.4 is 15.5 Å². The van der Waals surface area contributed by atoms with Crippen molar-refractivity contribution in [1.29, 1.82) is 0 Å². The Labute approximate surface area is 125 Å². The molecule has 0 fully saturated rings. The number of anilines is 2. The van der Waals surface area contributed by atoms with Crippen LogP contribution in [0.15, 0.2) is 28.9 Å². The monoisotopic (exact) mass is 311 g/mol. The van der Waals surface area contributed by atoms with E-state index in [4.69, 9.17) is 0 Å². The molecule has 2 amide bonds. The van der Waals surface area contributed by atoms with Gasteiger partial charge in [0.05, 0.1) is 6.54 Å². The number of halogens is 2. The first kappa shape index (κ1) is 15.7. The van der Waals surface area contributed by atoms with Crippen molar-refractivity contribution in [3.8, 4) is 0 Å². The van der Waals surface area contributed by atoms with Gasteiger partial charge in [0.1, 0.15) is 11.5 Å². The standard InChI is InChI=1S/C13H15F2N5O2/c1-20(2)11-6-8(3-4-16-11)18-13(21)17-7-9-5-10(12(14)15)22-19-9/h3-6,12H,7H2,1-2H3,(H2,16,17,18,21). The second kappa shape index (κ2) is 6.83. The highest BCUT2D eigenvalue weighted by Crippen LogP contribution is 2.19. The van der Waals surface area contributed by atoms with Crippen LogP contribution in [0.1, 0.15) is 17.9 Å². The maximum absolute atomic E-state index is 12.3. The molecule has 0 saturated heterocycles. The third kappa shape index (κ3) is 4.14. The molecule has 0 aliphatic carbocycles. The summed E-state index contributed by atoms with van der Waals surface area (Å²) in [6, 6.07) is 3.95. The van der Waals surface area contributed by atoms with Gasteiger partial charge in [-0.3, -0.25) is 0 Å². The molecule has 2 aromatic heterocycles. The molecule has 22 heavy (non-hydrogen) atoms. The van der Waals surface area contributed by atoms with E-state index in [0.717, 1.165) is 6.07 Å². The number of nitrogens with zero attached hydrogens (tertiary/aromatic N) is 3. The number of carbonyl (C=O) groups excluding carboxylic acids is 1. The number of amides is 2. The molecular formula is C13H15F2N5O2. The first-order valence-corrected chi connectivity index (χ1v) is 6.37. The number of pyridine rings is 1. The van der Waals surface area contributed by atoms with Gasteiger partial charge >= 0.3 is 6.03 Å². The minimum Gasteiger partial charge on any atom is -0.363 e. The molecule has 0 radical (unpaired) electrons. The Morgan fingerprint density at radius 1 is 1.41 bits per heavy atom. The summed E-state index contributed by atoms with van der Waals surface area (Å²) in [7, 11) is 3.66. The van der Waals surface area contributed by atoms with Crippen LogP contribution in [-0.2, 0) is 6.54 Å². The van der Waals surface area contributed by atoms with Gasteiger partial charge in [0.25, 0.3) is 6.43 Å². The smallest absolute Gasteiger partial charge is 0.319 e. The minimum atomic E-state index is -2.73. The number of rotatable bonds is 5. The lowest BCUT2D eigenvalue weighted by Crippen LogP contribution is -2.28. The Morgan fingerprint density at radius 3 is 2.82 bits per heavy atom. The quantitative estimate of drug-likeness (QED) is 0.886. The van der Waals surface area contributed by atoms with Crippen molar-refractivity contribution >= 4 is 17.5 Å². The average Bonchev–Trinajstić information content (AvgIpc) is 2.94. The van der Waals surface area contributed by atoms with Crippen LogP contribution in [0.2, 0.25) is 0 Å². The first-order valence-electron chi connectivity index (χ1n) is 6.37. The first-order chi connectivity index (χ1) is 10.5. The normalized spacial score (nSPS) is 10.6. The highest BCUT2D eigenvalue weighted by atomic mass is 19.3. The van der Waals surface area contributed by atoms with Crippen LogP contribution in [0.3, 0.4) is 0 Å². The molecular weight excluding hydrogens is 296 g/mol. The molecule has 118 valence electrons. The number of aromatic nitrogens is 2. The van der Waals surface area contributed by atoms with Crippen LogP contribution in [-0.4, -0.2) is 30.3 Å². The predicted octanol–water partition coefficient (Wildman–Crippen LogP) is 2.39. The molecule has 2 heterocycles. The summed E-state index contributed by atoms with van der Waals surface area (Å²) in [5.41, 5.74) is 0.777. The van der Waals surface area contributed by atoms with Gasteiger partial charge in [-0.05, 0) is 6.07 Å². The molecule has 2 N–H and O–H groups in total. The van der Waals surface area contributed by atoms with Crippen molar-refractivity contribution in [2.45, 2.75) is 13.0 Å². The van der Waals surface area contributed by atoms with E-state index in [1.807, 2.05) is 14.1 Å². The van der Waals surface area contributed by atoms with E-state index < -0.39 is 18.2 Å². The Balaban J connectivity index is 1.88. The van der Waals surface area contributed by atoms with E-state index in [1.54, 1.807) is 23.2 Å².